The molecule has 0 bridgehead atoms. The fourth-order valence-electron chi connectivity index (χ4n) is 2.77. The smallest absolute Gasteiger partial charge is 0.339 e. The molecule has 27 heavy (non-hydrogen) atoms. The van der Waals surface area contributed by atoms with Gasteiger partial charge in [0.25, 0.3) is 5.91 Å². The SMILES string of the molecule is Cc1cc(C(=O)OCC(=O)NCCc2ccccc2F)c2ccccc2n1. The van der Waals surface area contributed by atoms with Crippen molar-refractivity contribution < 1.29 is 18.7 Å². The molecular formula is C21H19FN2O3. The molecule has 3 aromatic rings. The molecule has 0 saturated carbocycles. The number of carbonyl (C=O) groups excluding carboxylic acids is 2. The lowest BCUT2D eigenvalue weighted by atomic mass is 10.1. The molecule has 1 N–H and O–H groups in total. The topological polar surface area (TPSA) is 68.3 Å². The van der Waals surface area contributed by atoms with E-state index in [4.69, 9.17) is 4.74 Å². The summed E-state index contributed by atoms with van der Waals surface area (Å²) < 4.78 is 18.7. The summed E-state index contributed by atoms with van der Waals surface area (Å²) in [5, 5.41) is 3.29. The molecule has 0 atom stereocenters. The molecule has 0 fully saturated rings. The van der Waals surface area contributed by atoms with Gasteiger partial charge in [-0.25, -0.2) is 9.18 Å². The number of halogens is 1. The number of ether oxygens (including phenoxy) is 1. The Morgan fingerprint density at radius 1 is 1.11 bits per heavy atom. The summed E-state index contributed by atoms with van der Waals surface area (Å²) in [5.74, 6) is -1.33. The van der Waals surface area contributed by atoms with Crippen molar-refractivity contribution in [2.75, 3.05) is 13.2 Å². The number of benzene rings is 2. The Kier molecular flexibility index (Phi) is 5.76. The Hall–Kier alpha value is -3.28. The number of nitrogens with one attached hydrogen (secondary N) is 1. The summed E-state index contributed by atoms with van der Waals surface area (Å²) in [4.78, 5) is 28.6. The van der Waals surface area contributed by atoms with E-state index in [1.54, 1.807) is 37.3 Å². The first-order valence-electron chi connectivity index (χ1n) is 8.58. The number of carbonyl (C=O) groups is 2. The second-order valence-corrected chi connectivity index (χ2v) is 6.10. The molecule has 0 radical (unpaired) electrons. The Morgan fingerprint density at radius 3 is 2.67 bits per heavy atom. The standard InChI is InChI=1S/C21H19FN2O3/c1-14-12-17(16-7-3-5-9-19(16)24-14)21(26)27-13-20(25)23-11-10-15-6-2-4-8-18(15)22/h2-9,12H,10-11,13H2,1H3,(H,23,25). The van der Waals surface area contributed by atoms with Crippen LogP contribution in [0.2, 0.25) is 0 Å². The van der Waals surface area contributed by atoms with Crippen LogP contribution in [0, 0.1) is 12.7 Å². The highest BCUT2D eigenvalue weighted by Gasteiger charge is 2.15. The van der Waals surface area contributed by atoms with Gasteiger partial charge < -0.3 is 10.1 Å². The first kappa shape index (κ1) is 18.5. The zero-order valence-electron chi connectivity index (χ0n) is 14.9. The molecule has 0 aliphatic heterocycles. The minimum Gasteiger partial charge on any atom is -0.452 e. The maximum Gasteiger partial charge on any atom is 0.339 e. The van der Waals surface area contributed by atoms with Crippen molar-refractivity contribution in [3.8, 4) is 0 Å². The summed E-state index contributed by atoms with van der Waals surface area (Å²) >= 11 is 0. The molecule has 1 heterocycles. The van der Waals surface area contributed by atoms with E-state index in [-0.39, 0.29) is 12.4 Å². The summed E-state index contributed by atoms with van der Waals surface area (Å²) in [7, 11) is 0. The lowest BCUT2D eigenvalue weighted by molar-refractivity contribution is -0.124. The minimum atomic E-state index is -0.582. The molecule has 0 saturated heterocycles. The zero-order chi connectivity index (χ0) is 19.2. The van der Waals surface area contributed by atoms with Gasteiger partial charge >= 0.3 is 5.97 Å². The fourth-order valence-corrected chi connectivity index (χ4v) is 2.77. The number of hydrogen-bond donors (Lipinski definition) is 1. The molecule has 1 amide bonds. The van der Waals surface area contributed by atoms with Crippen molar-refractivity contribution in [1.82, 2.24) is 10.3 Å². The molecule has 6 heteroatoms. The van der Waals surface area contributed by atoms with Crippen LogP contribution in [0.15, 0.2) is 54.6 Å². The molecular weight excluding hydrogens is 347 g/mol. The third kappa shape index (κ3) is 4.67. The second-order valence-electron chi connectivity index (χ2n) is 6.10. The molecule has 138 valence electrons. The van der Waals surface area contributed by atoms with Gasteiger partial charge in [0.1, 0.15) is 5.82 Å². The van der Waals surface area contributed by atoms with Crippen LogP contribution in [0.3, 0.4) is 0 Å². The van der Waals surface area contributed by atoms with Crippen molar-refractivity contribution in [2.45, 2.75) is 13.3 Å². The fraction of sp³-hybridized carbons (Fsp3) is 0.190. The number of esters is 1. The van der Waals surface area contributed by atoms with Crippen molar-refractivity contribution in [2.24, 2.45) is 0 Å². The van der Waals surface area contributed by atoms with E-state index in [0.29, 0.717) is 34.1 Å². The van der Waals surface area contributed by atoms with E-state index in [0.717, 1.165) is 0 Å². The predicted octanol–water partition coefficient (Wildman–Crippen LogP) is 3.20. The predicted molar refractivity (Wildman–Crippen MR) is 99.9 cm³/mol. The Balaban J connectivity index is 1.55. The number of aromatic nitrogens is 1. The lowest BCUT2D eigenvalue weighted by Crippen LogP contribution is -2.30. The maximum absolute atomic E-state index is 13.5. The van der Waals surface area contributed by atoms with Crippen molar-refractivity contribution in [1.29, 1.82) is 0 Å². The van der Waals surface area contributed by atoms with E-state index in [1.165, 1.54) is 6.07 Å². The van der Waals surface area contributed by atoms with Crippen molar-refractivity contribution in [3.05, 3.63) is 77.2 Å². The summed E-state index contributed by atoms with van der Waals surface area (Å²) in [6, 6.07) is 15.3. The quantitative estimate of drug-likeness (QED) is 0.680. The van der Waals surface area contributed by atoms with Gasteiger partial charge in [-0.1, -0.05) is 36.4 Å². The Morgan fingerprint density at radius 2 is 1.85 bits per heavy atom. The Labute approximate surface area is 156 Å². The highest BCUT2D eigenvalue weighted by atomic mass is 19.1. The molecule has 0 spiro atoms. The number of fused-ring (bicyclic) bond motifs is 1. The van der Waals surface area contributed by atoms with E-state index in [9.17, 15) is 14.0 Å². The normalized spacial score (nSPS) is 10.6. The van der Waals surface area contributed by atoms with Crippen LogP contribution in [-0.2, 0) is 16.0 Å². The van der Waals surface area contributed by atoms with Crippen LogP contribution in [0.5, 0.6) is 0 Å². The summed E-state index contributed by atoms with van der Waals surface area (Å²) in [6.07, 6.45) is 0.362. The van der Waals surface area contributed by atoms with E-state index >= 15 is 0 Å². The molecule has 0 aliphatic carbocycles. The van der Waals surface area contributed by atoms with Gasteiger partial charge in [-0.2, -0.15) is 0 Å². The number of rotatable bonds is 6. The highest BCUT2D eigenvalue weighted by Crippen LogP contribution is 2.19. The lowest BCUT2D eigenvalue weighted by Gasteiger charge is -2.09. The highest BCUT2D eigenvalue weighted by molar-refractivity contribution is 6.04. The summed E-state index contributed by atoms with van der Waals surface area (Å²) in [5.41, 5.74) is 2.28. The van der Waals surface area contributed by atoms with Gasteiger partial charge in [0.2, 0.25) is 0 Å². The van der Waals surface area contributed by atoms with Crippen LogP contribution >= 0.6 is 0 Å². The zero-order valence-corrected chi connectivity index (χ0v) is 14.9. The average molecular weight is 366 g/mol. The van der Waals surface area contributed by atoms with Crippen LogP contribution in [0.1, 0.15) is 21.6 Å². The van der Waals surface area contributed by atoms with Crippen LogP contribution in [-0.4, -0.2) is 30.0 Å². The third-order valence-electron chi connectivity index (χ3n) is 4.07. The van der Waals surface area contributed by atoms with E-state index < -0.39 is 18.5 Å². The summed E-state index contributed by atoms with van der Waals surface area (Å²) in [6.45, 7) is 1.65. The van der Waals surface area contributed by atoms with Crippen molar-refractivity contribution in [3.63, 3.8) is 0 Å². The second kappa shape index (κ2) is 8.40. The van der Waals surface area contributed by atoms with Crippen LogP contribution in [0.4, 0.5) is 4.39 Å². The molecule has 3 rings (SSSR count). The first-order chi connectivity index (χ1) is 13.0. The number of para-hydroxylation sites is 1. The third-order valence-corrected chi connectivity index (χ3v) is 4.07. The molecule has 0 unspecified atom stereocenters. The first-order valence-corrected chi connectivity index (χ1v) is 8.58. The number of amides is 1. The number of aryl methyl sites for hydroxylation is 1. The Bertz CT molecular complexity index is 988. The molecule has 2 aromatic carbocycles. The van der Waals surface area contributed by atoms with Crippen LogP contribution < -0.4 is 5.32 Å². The molecule has 1 aromatic heterocycles. The maximum atomic E-state index is 13.5. The van der Waals surface area contributed by atoms with Gasteiger partial charge in [-0.15, -0.1) is 0 Å². The molecule has 0 aliphatic rings. The number of nitrogens with zero attached hydrogens (tertiary/aromatic N) is 1. The van der Waals surface area contributed by atoms with Gasteiger partial charge in [-0.05, 0) is 37.1 Å². The number of hydrogen-bond acceptors (Lipinski definition) is 4. The largest absolute Gasteiger partial charge is 0.452 e. The van der Waals surface area contributed by atoms with Gasteiger partial charge in [0.15, 0.2) is 6.61 Å². The average Bonchev–Trinajstić information content (AvgIpc) is 2.67. The van der Waals surface area contributed by atoms with E-state index in [1.807, 2.05) is 18.2 Å². The monoisotopic (exact) mass is 366 g/mol. The van der Waals surface area contributed by atoms with Gasteiger partial charge in [0, 0.05) is 17.6 Å². The van der Waals surface area contributed by atoms with E-state index in [2.05, 4.69) is 10.3 Å². The number of pyridine rings is 1. The van der Waals surface area contributed by atoms with Gasteiger partial charge in [-0.3, -0.25) is 9.78 Å². The molecule has 5 nitrogen and oxygen atoms in total. The van der Waals surface area contributed by atoms with Crippen molar-refractivity contribution >= 4 is 22.8 Å². The van der Waals surface area contributed by atoms with Gasteiger partial charge in [0.05, 0.1) is 11.1 Å². The van der Waals surface area contributed by atoms with Crippen LogP contribution in [0.25, 0.3) is 10.9 Å². The minimum absolute atomic E-state index is 0.259.